The highest BCUT2D eigenvalue weighted by atomic mass is 35.5. The average Bonchev–Trinajstić information content (AvgIpc) is 3.45. The molecule has 3 rings (SSSR count). The zero-order valence-corrected chi connectivity index (χ0v) is 19.2. The van der Waals surface area contributed by atoms with E-state index < -0.39 is 0 Å². The molecule has 1 aromatic carbocycles. The first-order chi connectivity index (χ1) is 15.0. The van der Waals surface area contributed by atoms with Gasteiger partial charge in [0, 0.05) is 44.3 Å². The van der Waals surface area contributed by atoms with Crippen molar-refractivity contribution in [1.29, 1.82) is 0 Å². The van der Waals surface area contributed by atoms with Gasteiger partial charge in [-0.25, -0.2) is 0 Å². The molecule has 0 aliphatic rings. The lowest BCUT2D eigenvalue weighted by atomic mass is 10.1. The van der Waals surface area contributed by atoms with Crippen LogP contribution in [0.2, 0.25) is 0 Å². The summed E-state index contributed by atoms with van der Waals surface area (Å²) in [7, 11) is 3.91. The maximum Gasteiger partial charge on any atom is 0.264 e. The number of carbonyl (C=O) groups excluding carboxylic acids is 2. The molecule has 0 spiro atoms. The molecule has 0 bridgehead atoms. The summed E-state index contributed by atoms with van der Waals surface area (Å²) in [6, 6.07) is 13.1. The van der Waals surface area contributed by atoms with Crippen molar-refractivity contribution in [2.45, 2.75) is 25.9 Å². The standard InChI is InChI=1S/C23H26ClN3O3S/c1-26(2)20-10-9-18(25-22(28)8-3-11-24)14-17(20)15-27(16-19-6-4-12-30-19)23(29)21-7-5-13-31-21/h4-7,9-10,12-14H,3,8,11,15-16H2,1-2H3,(H,25,28). The molecule has 0 atom stereocenters. The van der Waals surface area contributed by atoms with E-state index in [0.29, 0.717) is 48.1 Å². The van der Waals surface area contributed by atoms with Crippen LogP contribution in [0.5, 0.6) is 0 Å². The number of halogens is 1. The molecule has 164 valence electrons. The summed E-state index contributed by atoms with van der Waals surface area (Å²) in [6.07, 6.45) is 2.60. The quantitative estimate of drug-likeness (QED) is 0.423. The molecule has 3 aromatic rings. The zero-order valence-electron chi connectivity index (χ0n) is 17.6. The average molecular weight is 460 g/mol. The van der Waals surface area contributed by atoms with Crippen LogP contribution in [-0.2, 0) is 17.9 Å². The zero-order chi connectivity index (χ0) is 22.2. The first kappa shape index (κ1) is 22.9. The smallest absolute Gasteiger partial charge is 0.264 e. The van der Waals surface area contributed by atoms with Crippen molar-refractivity contribution in [2.75, 3.05) is 30.2 Å². The molecule has 31 heavy (non-hydrogen) atoms. The Morgan fingerprint density at radius 3 is 2.61 bits per heavy atom. The van der Waals surface area contributed by atoms with E-state index in [0.717, 1.165) is 11.3 Å². The van der Waals surface area contributed by atoms with E-state index >= 15 is 0 Å². The molecule has 0 radical (unpaired) electrons. The van der Waals surface area contributed by atoms with E-state index in [9.17, 15) is 9.59 Å². The minimum Gasteiger partial charge on any atom is -0.467 e. The van der Waals surface area contributed by atoms with Gasteiger partial charge in [-0.1, -0.05) is 6.07 Å². The molecule has 0 aliphatic heterocycles. The fourth-order valence-electron chi connectivity index (χ4n) is 3.23. The number of furan rings is 1. The number of nitrogens with zero attached hydrogens (tertiary/aromatic N) is 2. The van der Waals surface area contributed by atoms with Gasteiger partial charge in [0.1, 0.15) is 5.76 Å². The van der Waals surface area contributed by atoms with Crippen LogP contribution in [0.1, 0.15) is 33.8 Å². The topological polar surface area (TPSA) is 65.8 Å². The Labute approximate surface area is 191 Å². The Morgan fingerprint density at radius 1 is 1.13 bits per heavy atom. The summed E-state index contributed by atoms with van der Waals surface area (Å²) in [5.74, 6) is 1.02. The second-order valence-electron chi connectivity index (χ2n) is 7.30. The molecule has 2 amide bonds. The van der Waals surface area contributed by atoms with Gasteiger partial charge in [-0.05, 0) is 53.8 Å². The second-order valence-corrected chi connectivity index (χ2v) is 8.62. The second kappa shape index (κ2) is 11.0. The van der Waals surface area contributed by atoms with Crippen molar-refractivity contribution in [1.82, 2.24) is 4.90 Å². The van der Waals surface area contributed by atoms with Crippen LogP contribution in [0.15, 0.2) is 58.5 Å². The van der Waals surface area contributed by atoms with Crippen molar-refractivity contribution in [2.24, 2.45) is 0 Å². The number of carbonyl (C=O) groups is 2. The van der Waals surface area contributed by atoms with E-state index in [1.807, 2.05) is 66.8 Å². The Morgan fingerprint density at radius 2 is 1.97 bits per heavy atom. The fourth-order valence-corrected chi connectivity index (χ4v) is 4.05. The summed E-state index contributed by atoms with van der Waals surface area (Å²) < 4.78 is 5.49. The van der Waals surface area contributed by atoms with Gasteiger partial charge in [0.25, 0.3) is 5.91 Å². The summed E-state index contributed by atoms with van der Waals surface area (Å²) in [6.45, 7) is 0.721. The van der Waals surface area contributed by atoms with Gasteiger partial charge in [0.05, 0.1) is 17.7 Å². The molecule has 2 aromatic heterocycles. The van der Waals surface area contributed by atoms with Gasteiger partial charge in [0.2, 0.25) is 5.91 Å². The number of benzene rings is 1. The van der Waals surface area contributed by atoms with E-state index in [1.54, 1.807) is 11.2 Å². The summed E-state index contributed by atoms with van der Waals surface area (Å²) in [5.41, 5.74) is 2.60. The molecular weight excluding hydrogens is 434 g/mol. The number of hydrogen-bond donors (Lipinski definition) is 1. The van der Waals surface area contributed by atoms with Gasteiger partial charge < -0.3 is 19.5 Å². The highest BCUT2D eigenvalue weighted by molar-refractivity contribution is 7.12. The summed E-state index contributed by atoms with van der Waals surface area (Å²) >= 11 is 7.10. The predicted octanol–water partition coefficient (Wildman–Crippen LogP) is 5.21. The highest BCUT2D eigenvalue weighted by Gasteiger charge is 2.21. The molecule has 1 N–H and O–H groups in total. The first-order valence-electron chi connectivity index (χ1n) is 9.99. The summed E-state index contributed by atoms with van der Waals surface area (Å²) in [4.78, 5) is 29.8. The van der Waals surface area contributed by atoms with Crippen LogP contribution in [0.3, 0.4) is 0 Å². The lowest BCUT2D eigenvalue weighted by Crippen LogP contribution is -2.30. The third kappa shape index (κ3) is 6.35. The van der Waals surface area contributed by atoms with Gasteiger partial charge in [0.15, 0.2) is 0 Å². The number of hydrogen-bond acceptors (Lipinski definition) is 5. The summed E-state index contributed by atoms with van der Waals surface area (Å²) in [5, 5.41) is 4.81. The van der Waals surface area contributed by atoms with E-state index in [-0.39, 0.29) is 11.8 Å². The van der Waals surface area contributed by atoms with Crippen molar-refractivity contribution in [3.8, 4) is 0 Å². The molecule has 0 unspecified atom stereocenters. The van der Waals surface area contributed by atoms with Crippen molar-refractivity contribution < 1.29 is 14.0 Å². The molecule has 0 aliphatic carbocycles. The maximum atomic E-state index is 13.2. The van der Waals surface area contributed by atoms with E-state index in [2.05, 4.69) is 5.32 Å². The van der Waals surface area contributed by atoms with Gasteiger partial charge in [-0.2, -0.15) is 0 Å². The largest absolute Gasteiger partial charge is 0.467 e. The molecule has 6 nitrogen and oxygen atoms in total. The van der Waals surface area contributed by atoms with Crippen molar-refractivity contribution in [3.63, 3.8) is 0 Å². The maximum absolute atomic E-state index is 13.2. The minimum atomic E-state index is -0.0775. The lowest BCUT2D eigenvalue weighted by Gasteiger charge is -2.25. The van der Waals surface area contributed by atoms with E-state index in [4.69, 9.17) is 16.0 Å². The van der Waals surface area contributed by atoms with Gasteiger partial charge >= 0.3 is 0 Å². The molecule has 0 fully saturated rings. The molecular formula is C23H26ClN3O3S. The lowest BCUT2D eigenvalue weighted by molar-refractivity contribution is -0.116. The van der Waals surface area contributed by atoms with Crippen molar-refractivity contribution >= 4 is 46.1 Å². The number of alkyl halides is 1. The van der Waals surface area contributed by atoms with Crippen LogP contribution in [0.4, 0.5) is 11.4 Å². The molecule has 8 heteroatoms. The van der Waals surface area contributed by atoms with Gasteiger partial charge in [-0.15, -0.1) is 22.9 Å². The minimum absolute atomic E-state index is 0.0624. The predicted molar refractivity (Wildman–Crippen MR) is 126 cm³/mol. The Bertz CT molecular complexity index is 988. The normalized spacial score (nSPS) is 10.7. The fraction of sp³-hybridized carbons (Fsp3) is 0.304. The van der Waals surface area contributed by atoms with E-state index in [1.165, 1.54) is 11.3 Å². The molecule has 0 saturated heterocycles. The first-order valence-corrected chi connectivity index (χ1v) is 11.4. The Hall–Kier alpha value is -2.77. The van der Waals surface area contributed by atoms with Crippen LogP contribution < -0.4 is 10.2 Å². The molecule has 0 saturated carbocycles. The Balaban J connectivity index is 1.88. The van der Waals surface area contributed by atoms with Crippen LogP contribution in [0, 0.1) is 0 Å². The number of thiophene rings is 1. The van der Waals surface area contributed by atoms with Gasteiger partial charge in [-0.3, -0.25) is 9.59 Å². The third-order valence-corrected chi connectivity index (χ3v) is 5.81. The molecule has 2 heterocycles. The monoisotopic (exact) mass is 459 g/mol. The Kier molecular flexibility index (Phi) is 8.14. The number of nitrogens with one attached hydrogen (secondary N) is 1. The highest BCUT2D eigenvalue weighted by Crippen LogP contribution is 2.27. The van der Waals surface area contributed by atoms with Crippen molar-refractivity contribution in [3.05, 3.63) is 70.3 Å². The third-order valence-electron chi connectivity index (χ3n) is 4.69. The number of amides is 2. The SMILES string of the molecule is CN(C)c1ccc(NC(=O)CCCCl)cc1CN(Cc1ccco1)C(=O)c1cccs1. The van der Waals surface area contributed by atoms with Crippen LogP contribution >= 0.6 is 22.9 Å². The number of rotatable bonds is 10. The van der Waals surface area contributed by atoms with Crippen LogP contribution in [0.25, 0.3) is 0 Å². The number of anilines is 2. The van der Waals surface area contributed by atoms with Crippen LogP contribution in [-0.4, -0.2) is 36.7 Å².